The van der Waals surface area contributed by atoms with E-state index in [9.17, 15) is 4.21 Å². The van der Waals surface area contributed by atoms with E-state index in [1.807, 2.05) is 12.3 Å². The number of fused-ring (bicyclic) bond motifs is 1. The number of hydrogen-bond acceptors (Lipinski definition) is 3. The van der Waals surface area contributed by atoms with Gasteiger partial charge in [-0.15, -0.1) is 0 Å². The molecule has 0 saturated heterocycles. The topological polar surface area (TPSA) is 32.3 Å². The fraction of sp³-hybridized carbons (Fsp3) is 0.333. The minimum absolute atomic E-state index is 0.908. The second-order valence-electron chi connectivity index (χ2n) is 4.99. The Bertz CT molecular complexity index is 578. The van der Waals surface area contributed by atoms with Gasteiger partial charge < -0.3 is 10.2 Å². The van der Waals surface area contributed by atoms with Gasteiger partial charge in [-0.05, 0) is 42.3 Å². The number of anilines is 1. The molecule has 0 fully saturated rings. The van der Waals surface area contributed by atoms with Gasteiger partial charge in [-0.3, -0.25) is 4.21 Å². The van der Waals surface area contributed by atoms with E-state index in [2.05, 4.69) is 34.6 Å². The summed E-state index contributed by atoms with van der Waals surface area (Å²) in [6.07, 6.45) is 10.0. The minimum atomic E-state index is -0.908. The lowest BCUT2D eigenvalue weighted by Crippen LogP contribution is -2.24. The summed E-state index contributed by atoms with van der Waals surface area (Å²) in [7, 11) is -0.908. The van der Waals surface area contributed by atoms with Gasteiger partial charge in [0.25, 0.3) is 0 Å². The second kappa shape index (κ2) is 5.21. The maximum absolute atomic E-state index is 11.6. The molecular weight excluding hydrogens is 256 g/mol. The molecule has 2 aliphatic rings. The summed E-state index contributed by atoms with van der Waals surface area (Å²) in [5, 5.41) is 3.14. The van der Waals surface area contributed by atoms with Crippen LogP contribution in [0.15, 0.2) is 47.1 Å². The van der Waals surface area contributed by atoms with Crippen LogP contribution in [0.1, 0.15) is 12.0 Å². The molecule has 1 N–H and O–H groups in total. The highest BCUT2D eigenvalue weighted by molar-refractivity contribution is 7.84. The van der Waals surface area contributed by atoms with Crippen LogP contribution in [-0.2, 0) is 17.2 Å². The third kappa shape index (κ3) is 2.59. The lowest BCUT2D eigenvalue weighted by Gasteiger charge is -2.22. The molecule has 0 aromatic heterocycles. The van der Waals surface area contributed by atoms with E-state index in [1.165, 1.54) is 16.8 Å². The maximum atomic E-state index is 11.6. The van der Waals surface area contributed by atoms with Gasteiger partial charge in [0.1, 0.15) is 0 Å². The highest BCUT2D eigenvalue weighted by atomic mass is 32.2. The average Bonchev–Trinajstić information content (AvgIpc) is 2.82. The Labute approximate surface area is 116 Å². The molecule has 0 radical (unpaired) electrons. The van der Waals surface area contributed by atoms with E-state index in [0.29, 0.717) is 0 Å². The van der Waals surface area contributed by atoms with Crippen LogP contribution in [0.4, 0.5) is 5.69 Å². The van der Waals surface area contributed by atoms with Crippen molar-refractivity contribution in [3.05, 3.63) is 47.8 Å². The van der Waals surface area contributed by atoms with Crippen molar-refractivity contribution in [2.24, 2.45) is 0 Å². The Morgan fingerprint density at radius 3 is 3.05 bits per heavy atom. The summed E-state index contributed by atoms with van der Waals surface area (Å²) in [5.74, 6) is 0. The standard InChI is InChI=1S/C15H18N2OS/c1-19(18)14-5-4-13-6-8-17(15(13)9-14)11-12-3-2-7-16-10-12/h2,4-5,7,9-10,16H,3,6,8,11H2,1H3. The lowest BCUT2D eigenvalue weighted by atomic mass is 10.1. The molecule has 0 saturated carbocycles. The summed E-state index contributed by atoms with van der Waals surface area (Å²) in [5.41, 5.74) is 4.01. The van der Waals surface area contributed by atoms with Gasteiger partial charge in [-0.2, -0.15) is 0 Å². The largest absolute Gasteiger partial charge is 0.368 e. The second-order valence-corrected chi connectivity index (χ2v) is 6.37. The van der Waals surface area contributed by atoms with Crippen LogP contribution in [0.25, 0.3) is 0 Å². The van der Waals surface area contributed by atoms with Crippen LogP contribution < -0.4 is 10.2 Å². The number of rotatable bonds is 3. The summed E-state index contributed by atoms with van der Waals surface area (Å²) in [4.78, 5) is 3.31. The zero-order chi connectivity index (χ0) is 13.2. The van der Waals surface area contributed by atoms with Gasteiger partial charge in [-0.25, -0.2) is 0 Å². The first-order valence-corrected chi connectivity index (χ1v) is 8.10. The van der Waals surface area contributed by atoms with Gasteiger partial charge in [0.05, 0.1) is 0 Å². The van der Waals surface area contributed by atoms with E-state index >= 15 is 0 Å². The summed E-state index contributed by atoms with van der Waals surface area (Å²) in [6.45, 7) is 2.00. The van der Waals surface area contributed by atoms with Gasteiger partial charge >= 0.3 is 0 Å². The smallest absolute Gasteiger partial charge is 0.0498 e. The molecule has 1 aromatic rings. The Balaban J connectivity index is 1.82. The molecule has 3 rings (SSSR count). The highest BCUT2D eigenvalue weighted by Crippen LogP contribution is 2.30. The van der Waals surface area contributed by atoms with E-state index in [4.69, 9.17) is 0 Å². The van der Waals surface area contributed by atoms with Crippen LogP contribution in [0.5, 0.6) is 0 Å². The Morgan fingerprint density at radius 1 is 1.42 bits per heavy atom. The van der Waals surface area contributed by atoms with Crippen LogP contribution in [-0.4, -0.2) is 23.6 Å². The fourth-order valence-electron chi connectivity index (χ4n) is 2.63. The first-order valence-electron chi connectivity index (χ1n) is 6.54. The van der Waals surface area contributed by atoms with Crippen molar-refractivity contribution < 1.29 is 4.21 Å². The van der Waals surface area contributed by atoms with Gasteiger partial charge in [0, 0.05) is 46.9 Å². The van der Waals surface area contributed by atoms with Crippen molar-refractivity contribution in [2.45, 2.75) is 17.7 Å². The van der Waals surface area contributed by atoms with Crippen LogP contribution in [0.3, 0.4) is 0 Å². The van der Waals surface area contributed by atoms with Crippen molar-refractivity contribution >= 4 is 16.5 Å². The molecule has 2 heterocycles. The fourth-order valence-corrected chi connectivity index (χ4v) is 3.16. The summed E-state index contributed by atoms with van der Waals surface area (Å²) in [6, 6.07) is 6.20. The predicted octanol–water partition coefficient (Wildman–Crippen LogP) is 2.18. The van der Waals surface area contributed by atoms with Crippen molar-refractivity contribution in [2.75, 3.05) is 24.2 Å². The van der Waals surface area contributed by atoms with Crippen molar-refractivity contribution in [3.8, 4) is 0 Å². The number of dihydropyridines is 1. The van der Waals surface area contributed by atoms with Gasteiger partial charge in [0.15, 0.2) is 0 Å². The number of hydrogen-bond donors (Lipinski definition) is 1. The number of nitrogens with zero attached hydrogens (tertiary/aromatic N) is 1. The average molecular weight is 274 g/mol. The third-order valence-electron chi connectivity index (χ3n) is 3.66. The molecule has 0 amide bonds. The molecule has 1 unspecified atom stereocenters. The molecule has 0 aliphatic carbocycles. The van der Waals surface area contributed by atoms with E-state index in [-0.39, 0.29) is 0 Å². The van der Waals surface area contributed by atoms with E-state index in [1.54, 1.807) is 6.26 Å². The predicted molar refractivity (Wildman–Crippen MR) is 79.7 cm³/mol. The Kier molecular flexibility index (Phi) is 3.42. The molecule has 3 nitrogen and oxygen atoms in total. The zero-order valence-electron chi connectivity index (χ0n) is 11.1. The summed E-state index contributed by atoms with van der Waals surface area (Å²) < 4.78 is 11.6. The SMILES string of the molecule is CS(=O)c1ccc2c(c1)N(CC1=CNC=CC1)CC2. The summed E-state index contributed by atoms with van der Waals surface area (Å²) >= 11 is 0. The first-order chi connectivity index (χ1) is 9.24. The Morgan fingerprint density at radius 2 is 2.32 bits per heavy atom. The minimum Gasteiger partial charge on any atom is -0.368 e. The molecule has 0 spiro atoms. The van der Waals surface area contributed by atoms with Gasteiger partial charge in [0.2, 0.25) is 0 Å². The molecule has 19 heavy (non-hydrogen) atoms. The van der Waals surface area contributed by atoms with Crippen molar-refractivity contribution in [1.82, 2.24) is 5.32 Å². The number of allylic oxidation sites excluding steroid dienone is 1. The van der Waals surface area contributed by atoms with Crippen LogP contribution in [0.2, 0.25) is 0 Å². The Hall–Kier alpha value is -1.55. The van der Waals surface area contributed by atoms with Crippen molar-refractivity contribution in [3.63, 3.8) is 0 Å². The van der Waals surface area contributed by atoms with Crippen LogP contribution >= 0.6 is 0 Å². The zero-order valence-corrected chi connectivity index (χ0v) is 11.9. The molecule has 0 bridgehead atoms. The van der Waals surface area contributed by atoms with Gasteiger partial charge in [-0.1, -0.05) is 12.1 Å². The molecule has 100 valence electrons. The number of nitrogens with one attached hydrogen (secondary N) is 1. The van der Waals surface area contributed by atoms with E-state index in [0.717, 1.165) is 30.8 Å². The lowest BCUT2D eigenvalue weighted by molar-refractivity contribution is 0.687. The maximum Gasteiger partial charge on any atom is 0.0498 e. The molecule has 2 aliphatic heterocycles. The highest BCUT2D eigenvalue weighted by Gasteiger charge is 2.20. The van der Waals surface area contributed by atoms with Crippen molar-refractivity contribution in [1.29, 1.82) is 0 Å². The monoisotopic (exact) mass is 274 g/mol. The number of benzene rings is 1. The molecule has 1 aromatic carbocycles. The van der Waals surface area contributed by atoms with E-state index < -0.39 is 10.8 Å². The van der Waals surface area contributed by atoms with Crippen LogP contribution in [0, 0.1) is 0 Å². The molecule has 1 atom stereocenters. The third-order valence-corrected chi connectivity index (χ3v) is 4.57. The first kappa shape index (κ1) is 12.5. The quantitative estimate of drug-likeness (QED) is 0.917. The normalized spacial score (nSPS) is 18.8. The molecule has 4 heteroatoms. The molecular formula is C15H18N2OS.